The fourth-order valence-electron chi connectivity index (χ4n) is 1.14. The van der Waals surface area contributed by atoms with Crippen molar-refractivity contribution in [2.75, 3.05) is 18.6 Å². The lowest BCUT2D eigenvalue weighted by atomic mass is 10.2. The van der Waals surface area contributed by atoms with Crippen molar-refractivity contribution in [1.82, 2.24) is 5.32 Å². The molecule has 3 nitrogen and oxygen atoms in total. The van der Waals surface area contributed by atoms with Gasteiger partial charge >= 0.3 is 0 Å². The van der Waals surface area contributed by atoms with Gasteiger partial charge in [0.2, 0.25) is 5.91 Å². The first-order valence-corrected chi connectivity index (χ1v) is 6.58. The Hall–Kier alpha value is -0.220. The zero-order valence-electron chi connectivity index (χ0n) is 9.21. The van der Waals surface area contributed by atoms with Gasteiger partial charge in [-0.25, -0.2) is 0 Å². The average Bonchev–Trinajstić information content (AvgIpc) is 2.15. The molecule has 0 aromatic rings. The third-order valence-corrected chi connectivity index (χ3v) is 2.66. The second-order valence-electron chi connectivity index (χ2n) is 3.50. The Morgan fingerprint density at radius 3 is 2.79 bits per heavy atom. The van der Waals surface area contributed by atoms with E-state index in [4.69, 9.17) is 5.73 Å². The summed E-state index contributed by atoms with van der Waals surface area (Å²) in [4.78, 5) is 11.3. The highest BCUT2D eigenvalue weighted by molar-refractivity contribution is 7.98. The molecule has 0 saturated carbocycles. The lowest BCUT2D eigenvalue weighted by Crippen LogP contribution is -2.32. The third-order valence-electron chi connectivity index (χ3n) is 2.02. The minimum atomic E-state index is 0.159. The lowest BCUT2D eigenvalue weighted by molar-refractivity contribution is -0.121. The summed E-state index contributed by atoms with van der Waals surface area (Å²) in [7, 11) is 0. The van der Waals surface area contributed by atoms with Gasteiger partial charge in [-0.2, -0.15) is 11.8 Å². The molecule has 0 aliphatic heterocycles. The number of nitrogens with two attached hydrogens (primary N) is 1. The molecule has 0 heterocycles. The number of amides is 1. The number of thioether (sulfide) groups is 1. The van der Waals surface area contributed by atoms with Crippen LogP contribution in [0.5, 0.6) is 0 Å². The molecule has 0 spiro atoms. The van der Waals surface area contributed by atoms with Crippen LogP contribution in [0.15, 0.2) is 0 Å². The molecule has 1 atom stereocenters. The molecule has 1 unspecified atom stereocenters. The van der Waals surface area contributed by atoms with Crippen molar-refractivity contribution in [3.8, 4) is 0 Å². The summed E-state index contributed by atoms with van der Waals surface area (Å²) in [5.74, 6) is 1.26. The largest absolute Gasteiger partial charge is 0.354 e. The van der Waals surface area contributed by atoms with E-state index in [2.05, 4.69) is 18.5 Å². The van der Waals surface area contributed by atoms with Gasteiger partial charge < -0.3 is 11.1 Å². The van der Waals surface area contributed by atoms with Crippen molar-refractivity contribution in [3.63, 3.8) is 0 Å². The summed E-state index contributed by atoms with van der Waals surface area (Å²) in [6.45, 7) is 2.73. The fraction of sp³-hybridized carbons (Fsp3) is 0.900. The van der Waals surface area contributed by atoms with Crippen molar-refractivity contribution in [1.29, 1.82) is 0 Å². The van der Waals surface area contributed by atoms with Crippen LogP contribution in [0, 0.1) is 0 Å². The van der Waals surface area contributed by atoms with Crippen LogP contribution in [0.1, 0.15) is 32.6 Å². The predicted molar refractivity (Wildman–Crippen MR) is 63.5 cm³/mol. The van der Waals surface area contributed by atoms with E-state index in [0.717, 1.165) is 25.0 Å². The van der Waals surface area contributed by atoms with Gasteiger partial charge in [-0.1, -0.05) is 0 Å². The molecule has 1 amide bonds. The zero-order chi connectivity index (χ0) is 10.8. The number of hydrogen-bond donors (Lipinski definition) is 2. The highest BCUT2D eigenvalue weighted by Gasteiger charge is 2.05. The number of unbranched alkanes of at least 4 members (excludes halogenated alkanes) is 1. The van der Waals surface area contributed by atoms with Crippen molar-refractivity contribution >= 4 is 17.7 Å². The highest BCUT2D eigenvalue weighted by Crippen LogP contribution is 2.01. The fourth-order valence-corrected chi connectivity index (χ4v) is 1.73. The van der Waals surface area contributed by atoms with Gasteiger partial charge in [-0.3, -0.25) is 4.79 Å². The van der Waals surface area contributed by atoms with Crippen LogP contribution in [0.4, 0.5) is 0 Å². The Morgan fingerprint density at radius 1 is 1.50 bits per heavy atom. The Kier molecular flexibility index (Phi) is 9.19. The Balaban J connectivity index is 3.40. The maximum atomic E-state index is 11.3. The topological polar surface area (TPSA) is 55.1 Å². The minimum Gasteiger partial charge on any atom is -0.354 e. The van der Waals surface area contributed by atoms with Gasteiger partial charge in [0.25, 0.3) is 0 Å². The molecule has 0 radical (unpaired) electrons. The molecular formula is C10H22N2OS. The average molecular weight is 218 g/mol. The van der Waals surface area contributed by atoms with Crippen LogP contribution in [0.25, 0.3) is 0 Å². The molecular weight excluding hydrogens is 196 g/mol. The quantitative estimate of drug-likeness (QED) is 0.605. The summed E-state index contributed by atoms with van der Waals surface area (Å²) >= 11 is 1.81. The van der Waals surface area contributed by atoms with Gasteiger partial charge in [0.1, 0.15) is 0 Å². The normalized spacial score (nSPS) is 12.5. The Morgan fingerprint density at radius 2 is 2.21 bits per heavy atom. The summed E-state index contributed by atoms with van der Waals surface area (Å²) < 4.78 is 0. The van der Waals surface area contributed by atoms with Crippen molar-refractivity contribution in [3.05, 3.63) is 0 Å². The van der Waals surface area contributed by atoms with Gasteiger partial charge in [0.15, 0.2) is 0 Å². The van der Waals surface area contributed by atoms with Crippen LogP contribution >= 0.6 is 11.8 Å². The molecule has 0 bridgehead atoms. The predicted octanol–water partition coefficient (Wildman–Crippen LogP) is 1.37. The summed E-state index contributed by atoms with van der Waals surface area (Å²) in [6.07, 6.45) is 5.57. The van der Waals surface area contributed by atoms with E-state index >= 15 is 0 Å². The van der Waals surface area contributed by atoms with Gasteiger partial charge in [-0.05, 0) is 44.7 Å². The summed E-state index contributed by atoms with van der Waals surface area (Å²) in [5, 5.41) is 2.98. The van der Waals surface area contributed by atoms with E-state index in [-0.39, 0.29) is 5.91 Å². The first-order valence-electron chi connectivity index (χ1n) is 5.19. The number of hydrogen-bond acceptors (Lipinski definition) is 3. The summed E-state index contributed by atoms with van der Waals surface area (Å²) in [6, 6.07) is 0.299. The maximum Gasteiger partial charge on any atom is 0.220 e. The first-order chi connectivity index (χ1) is 6.70. The smallest absolute Gasteiger partial charge is 0.220 e. The minimum absolute atomic E-state index is 0.159. The Labute approximate surface area is 91.2 Å². The highest BCUT2D eigenvalue weighted by atomic mass is 32.2. The summed E-state index contributed by atoms with van der Waals surface area (Å²) in [5.41, 5.74) is 5.35. The van der Waals surface area contributed by atoms with Crippen LogP contribution < -0.4 is 11.1 Å². The van der Waals surface area contributed by atoms with Gasteiger partial charge in [0, 0.05) is 12.5 Å². The third kappa shape index (κ3) is 8.38. The molecule has 14 heavy (non-hydrogen) atoms. The number of rotatable bonds is 8. The maximum absolute atomic E-state index is 11.3. The molecule has 0 aliphatic rings. The number of nitrogens with one attached hydrogen (secondary N) is 1. The Bertz CT molecular complexity index is 153. The van der Waals surface area contributed by atoms with E-state index in [9.17, 15) is 4.79 Å². The van der Waals surface area contributed by atoms with E-state index in [1.807, 2.05) is 11.8 Å². The molecule has 0 aromatic heterocycles. The molecule has 3 N–H and O–H groups in total. The van der Waals surface area contributed by atoms with E-state index in [0.29, 0.717) is 19.0 Å². The molecule has 0 aromatic carbocycles. The van der Waals surface area contributed by atoms with Crippen LogP contribution in [-0.2, 0) is 4.79 Å². The van der Waals surface area contributed by atoms with Crippen LogP contribution in [-0.4, -0.2) is 30.5 Å². The second-order valence-corrected chi connectivity index (χ2v) is 4.48. The monoisotopic (exact) mass is 218 g/mol. The van der Waals surface area contributed by atoms with Crippen molar-refractivity contribution in [2.24, 2.45) is 5.73 Å². The molecule has 4 heteroatoms. The van der Waals surface area contributed by atoms with E-state index in [1.54, 1.807) is 0 Å². The van der Waals surface area contributed by atoms with Crippen LogP contribution in [0.3, 0.4) is 0 Å². The molecule has 0 aliphatic carbocycles. The number of carbonyl (C=O) groups excluding carboxylic acids is 1. The van der Waals surface area contributed by atoms with Crippen LogP contribution in [0.2, 0.25) is 0 Å². The van der Waals surface area contributed by atoms with Crippen molar-refractivity contribution in [2.45, 2.75) is 38.6 Å². The standard InChI is InChI=1S/C10H22N2OS/c1-9(6-8-14-2)12-10(13)5-3-4-7-11/h9H,3-8,11H2,1-2H3,(H,12,13). The first kappa shape index (κ1) is 13.8. The van der Waals surface area contributed by atoms with Crippen molar-refractivity contribution < 1.29 is 4.79 Å². The molecule has 0 fully saturated rings. The van der Waals surface area contributed by atoms with E-state index in [1.165, 1.54) is 0 Å². The van der Waals surface area contributed by atoms with E-state index < -0.39 is 0 Å². The van der Waals surface area contributed by atoms with Gasteiger partial charge in [0.05, 0.1) is 0 Å². The SMILES string of the molecule is CSCCC(C)NC(=O)CCCCN. The lowest BCUT2D eigenvalue weighted by Gasteiger charge is -2.12. The molecule has 0 rings (SSSR count). The van der Waals surface area contributed by atoms with Gasteiger partial charge in [-0.15, -0.1) is 0 Å². The number of carbonyl (C=O) groups is 1. The zero-order valence-corrected chi connectivity index (χ0v) is 10.0. The molecule has 0 saturated heterocycles. The molecule has 84 valence electrons. The second kappa shape index (κ2) is 9.34.